The van der Waals surface area contributed by atoms with Crippen molar-refractivity contribution in [2.45, 2.75) is 6.54 Å². The summed E-state index contributed by atoms with van der Waals surface area (Å²) >= 11 is 0. The number of anilines is 2. The summed E-state index contributed by atoms with van der Waals surface area (Å²) in [5, 5.41) is 5.73. The molecule has 0 aliphatic heterocycles. The molecule has 2 aromatic rings. The van der Waals surface area contributed by atoms with Gasteiger partial charge in [0, 0.05) is 37.6 Å². The Labute approximate surface area is 129 Å². The average Bonchev–Trinajstić information content (AvgIpc) is 2.50. The number of hydrogen-bond donors (Lipinski definition) is 2. The summed E-state index contributed by atoms with van der Waals surface area (Å²) in [5.74, 6) is -0.427. The molecule has 0 aromatic heterocycles. The highest BCUT2D eigenvalue weighted by molar-refractivity contribution is 5.92. The van der Waals surface area contributed by atoms with Crippen LogP contribution in [0.1, 0.15) is 5.56 Å². The lowest BCUT2D eigenvalue weighted by Crippen LogP contribution is -2.28. The summed E-state index contributed by atoms with van der Waals surface area (Å²) < 4.78 is 13.4. The lowest BCUT2D eigenvalue weighted by molar-refractivity contribution is -0.115. The summed E-state index contributed by atoms with van der Waals surface area (Å²) in [7, 11) is 3.92. The Morgan fingerprint density at radius 2 is 1.77 bits per heavy atom. The number of nitrogens with one attached hydrogen (secondary N) is 2. The van der Waals surface area contributed by atoms with Gasteiger partial charge >= 0.3 is 0 Å². The summed E-state index contributed by atoms with van der Waals surface area (Å²) in [6.45, 7) is 0.448. The molecule has 2 N–H and O–H groups in total. The van der Waals surface area contributed by atoms with Crippen molar-refractivity contribution in [2.24, 2.45) is 0 Å². The summed E-state index contributed by atoms with van der Waals surface area (Å²) in [6, 6.07) is 14.1. The van der Waals surface area contributed by atoms with E-state index in [1.807, 2.05) is 43.3 Å². The molecule has 0 atom stereocenters. The topological polar surface area (TPSA) is 44.4 Å². The molecule has 4 nitrogen and oxygen atoms in total. The second-order valence-electron chi connectivity index (χ2n) is 5.18. The zero-order valence-corrected chi connectivity index (χ0v) is 12.8. The Bertz CT molecular complexity index is 626. The van der Waals surface area contributed by atoms with Crippen molar-refractivity contribution in [1.29, 1.82) is 0 Å². The smallest absolute Gasteiger partial charge is 0.238 e. The lowest BCUT2D eigenvalue weighted by Gasteiger charge is -2.13. The summed E-state index contributed by atoms with van der Waals surface area (Å²) in [6.07, 6.45) is 0. The van der Waals surface area contributed by atoms with Crippen LogP contribution in [0.3, 0.4) is 0 Å². The minimum Gasteiger partial charge on any atom is -0.378 e. The van der Waals surface area contributed by atoms with Gasteiger partial charge in [-0.1, -0.05) is 18.2 Å². The van der Waals surface area contributed by atoms with E-state index in [1.165, 1.54) is 6.07 Å². The third-order valence-electron chi connectivity index (χ3n) is 3.23. The fourth-order valence-corrected chi connectivity index (χ4v) is 2.00. The van der Waals surface area contributed by atoms with Crippen LogP contribution in [0, 0.1) is 5.82 Å². The molecule has 0 spiro atoms. The van der Waals surface area contributed by atoms with Crippen molar-refractivity contribution in [3.8, 4) is 0 Å². The Hall–Kier alpha value is -2.40. The quantitative estimate of drug-likeness (QED) is 0.862. The van der Waals surface area contributed by atoms with Gasteiger partial charge < -0.3 is 15.5 Å². The molecule has 2 aromatic carbocycles. The Morgan fingerprint density at radius 1 is 1.09 bits per heavy atom. The molecular weight excluding hydrogens is 281 g/mol. The van der Waals surface area contributed by atoms with E-state index in [1.54, 1.807) is 18.2 Å². The zero-order valence-electron chi connectivity index (χ0n) is 12.8. The maximum Gasteiger partial charge on any atom is 0.238 e. The monoisotopic (exact) mass is 301 g/mol. The van der Waals surface area contributed by atoms with E-state index < -0.39 is 0 Å². The van der Waals surface area contributed by atoms with E-state index in [0.29, 0.717) is 12.1 Å². The molecule has 0 aliphatic carbocycles. The molecular formula is C17H20FN3O. The Balaban J connectivity index is 1.79. The van der Waals surface area contributed by atoms with E-state index in [0.717, 1.165) is 11.4 Å². The van der Waals surface area contributed by atoms with Crippen molar-refractivity contribution in [2.75, 3.05) is 30.9 Å². The molecule has 0 bridgehead atoms. The number of halogens is 1. The second-order valence-corrected chi connectivity index (χ2v) is 5.18. The van der Waals surface area contributed by atoms with Crippen LogP contribution in [-0.2, 0) is 11.3 Å². The van der Waals surface area contributed by atoms with Gasteiger partial charge in [-0.05, 0) is 30.3 Å². The maximum atomic E-state index is 13.4. The number of hydrogen-bond acceptors (Lipinski definition) is 3. The molecule has 0 fully saturated rings. The van der Waals surface area contributed by atoms with Crippen LogP contribution < -0.4 is 15.5 Å². The molecule has 2 rings (SSSR count). The largest absolute Gasteiger partial charge is 0.378 e. The first-order valence-corrected chi connectivity index (χ1v) is 7.07. The third kappa shape index (κ3) is 4.56. The minimum absolute atomic E-state index is 0.129. The SMILES string of the molecule is CN(C)c1ccc(NC(=O)CNCc2ccccc2F)cc1. The van der Waals surface area contributed by atoms with E-state index in [4.69, 9.17) is 0 Å². The van der Waals surface area contributed by atoms with Crippen molar-refractivity contribution in [1.82, 2.24) is 5.32 Å². The van der Waals surface area contributed by atoms with Gasteiger partial charge in [-0.3, -0.25) is 4.79 Å². The molecule has 0 aliphatic rings. The fraction of sp³-hybridized carbons (Fsp3) is 0.235. The van der Waals surface area contributed by atoms with Gasteiger partial charge in [0.25, 0.3) is 0 Å². The summed E-state index contributed by atoms with van der Waals surface area (Å²) in [5.41, 5.74) is 2.35. The molecule has 1 amide bonds. The Morgan fingerprint density at radius 3 is 2.41 bits per heavy atom. The van der Waals surface area contributed by atoms with E-state index in [9.17, 15) is 9.18 Å². The van der Waals surface area contributed by atoms with E-state index in [-0.39, 0.29) is 18.3 Å². The van der Waals surface area contributed by atoms with Crippen LogP contribution in [0.2, 0.25) is 0 Å². The number of benzene rings is 2. The van der Waals surface area contributed by atoms with Gasteiger partial charge in [0.15, 0.2) is 0 Å². The van der Waals surface area contributed by atoms with Crippen LogP contribution in [0.15, 0.2) is 48.5 Å². The highest BCUT2D eigenvalue weighted by atomic mass is 19.1. The molecule has 116 valence electrons. The van der Waals surface area contributed by atoms with Gasteiger partial charge in [0.1, 0.15) is 5.82 Å². The van der Waals surface area contributed by atoms with Crippen molar-refractivity contribution < 1.29 is 9.18 Å². The van der Waals surface area contributed by atoms with Crippen LogP contribution in [0.25, 0.3) is 0 Å². The van der Waals surface area contributed by atoms with Gasteiger partial charge in [-0.2, -0.15) is 0 Å². The molecule has 0 saturated carbocycles. The first-order chi connectivity index (χ1) is 10.6. The van der Waals surface area contributed by atoms with Gasteiger partial charge in [-0.15, -0.1) is 0 Å². The average molecular weight is 301 g/mol. The Kier molecular flexibility index (Phi) is 5.49. The first-order valence-electron chi connectivity index (χ1n) is 7.07. The molecule has 0 saturated heterocycles. The zero-order chi connectivity index (χ0) is 15.9. The minimum atomic E-state index is -0.269. The van der Waals surface area contributed by atoms with Crippen LogP contribution >= 0.6 is 0 Å². The lowest BCUT2D eigenvalue weighted by atomic mass is 10.2. The number of amides is 1. The number of rotatable bonds is 6. The maximum absolute atomic E-state index is 13.4. The van der Waals surface area contributed by atoms with Crippen LogP contribution in [0.5, 0.6) is 0 Å². The second kappa shape index (κ2) is 7.56. The van der Waals surface area contributed by atoms with Crippen LogP contribution in [0.4, 0.5) is 15.8 Å². The van der Waals surface area contributed by atoms with E-state index >= 15 is 0 Å². The standard InChI is InChI=1S/C17H20FN3O/c1-21(2)15-9-7-14(8-10-15)20-17(22)12-19-11-13-5-3-4-6-16(13)18/h3-10,19H,11-12H2,1-2H3,(H,20,22). The van der Waals surface area contributed by atoms with Crippen molar-refractivity contribution in [3.63, 3.8) is 0 Å². The molecule has 0 radical (unpaired) electrons. The normalized spacial score (nSPS) is 10.3. The van der Waals surface area contributed by atoms with E-state index in [2.05, 4.69) is 10.6 Å². The summed E-state index contributed by atoms with van der Waals surface area (Å²) in [4.78, 5) is 13.8. The predicted octanol–water partition coefficient (Wildman–Crippen LogP) is 2.62. The predicted molar refractivity (Wildman–Crippen MR) is 87.5 cm³/mol. The molecule has 22 heavy (non-hydrogen) atoms. The first kappa shape index (κ1) is 16.0. The van der Waals surface area contributed by atoms with Gasteiger partial charge in [0.05, 0.1) is 6.54 Å². The van der Waals surface area contributed by atoms with Crippen molar-refractivity contribution >= 4 is 17.3 Å². The molecule has 5 heteroatoms. The fourth-order valence-electron chi connectivity index (χ4n) is 2.00. The van der Waals surface area contributed by atoms with Crippen molar-refractivity contribution in [3.05, 3.63) is 59.9 Å². The number of nitrogens with zero attached hydrogens (tertiary/aromatic N) is 1. The van der Waals surface area contributed by atoms with Gasteiger partial charge in [-0.25, -0.2) is 4.39 Å². The highest BCUT2D eigenvalue weighted by Crippen LogP contribution is 2.15. The van der Waals surface area contributed by atoms with Gasteiger partial charge in [0.2, 0.25) is 5.91 Å². The third-order valence-corrected chi connectivity index (χ3v) is 3.23. The number of carbonyl (C=O) groups excluding carboxylic acids is 1. The number of carbonyl (C=O) groups is 1. The highest BCUT2D eigenvalue weighted by Gasteiger charge is 2.04. The molecule has 0 unspecified atom stereocenters. The molecule has 0 heterocycles. The van der Waals surface area contributed by atoms with Crippen LogP contribution in [-0.4, -0.2) is 26.5 Å².